The van der Waals surface area contributed by atoms with E-state index in [1.807, 2.05) is 0 Å². The molecule has 0 spiro atoms. The van der Waals surface area contributed by atoms with Crippen LogP contribution in [0.1, 0.15) is 12.8 Å². The van der Waals surface area contributed by atoms with Crippen molar-refractivity contribution in [2.75, 3.05) is 14.2 Å². The van der Waals surface area contributed by atoms with E-state index in [-0.39, 0.29) is 0 Å². The first kappa shape index (κ1) is 8.49. The van der Waals surface area contributed by atoms with E-state index in [4.69, 9.17) is 14.6 Å². The fourth-order valence-corrected chi connectivity index (χ4v) is 1.41. The van der Waals surface area contributed by atoms with Crippen molar-refractivity contribution >= 4 is 5.97 Å². The fraction of sp³-hybridized carbons (Fsp3) is 0.857. The second-order valence-electron chi connectivity index (χ2n) is 2.65. The third kappa shape index (κ3) is 1.12. The van der Waals surface area contributed by atoms with Gasteiger partial charge in [-0.2, -0.15) is 0 Å². The zero-order valence-corrected chi connectivity index (χ0v) is 6.66. The van der Waals surface area contributed by atoms with Crippen LogP contribution in [0.5, 0.6) is 0 Å². The van der Waals surface area contributed by atoms with E-state index in [1.54, 1.807) is 0 Å². The van der Waals surface area contributed by atoms with Crippen LogP contribution in [-0.4, -0.2) is 31.1 Å². The second kappa shape index (κ2) is 2.79. The molecule has 0 aromatic rings. The maximum Gasteiger partial charge on any atom is 0.311 e. The Labute approximate surface area is 65.1 Å². The molecule has 64 valence electrons. The molecule has 1 aliphatic carbocycles. The number of carboxylic acids is 1. The molecule has 0 bridgehead atoms. The minimum atomic E-state index is -0.855. The Hall–Kier alpha value is -0.610. The summed E-state index contributed by atoms with van der Waals surface area (Å²) < 4.78 is 9.99. The van der Waals surface area contributed by atoms with Crippen LogP contribution in [0.15, 0.2) is 0 Å². The topological polar surface area (TPSA) is 55.8 Å². The van der Waals surface area contributed by atoms with Gasteiger partial charge in [0.2, 0.25) is 0 Å². The molecular formula is C7H12O4. The van der Waals surface area contributed by atoms with Crippen LogP contribution in [0, 0.1) is 5.92 Å². The number of rotatable bonds is 3. The lowest BCUT2D eigenvalue weighted by atomic mass is 9.78. The second-order valence-corrected chi connectivity index (χ2v) is 2.65. The van der Waals surface area contributed by atoms with E-state index in [9.17, 15) is 4.79 Å². The molecule has 0 radical (unpaired) electrons. The van der Waals surface area contributed by atoms with E-state index in [2.05, 4.69) is 0 Å². The van der Waals surface area contributed by atoms with E-state index in [1.165, 1.54) is 14.2 Å². The number of hydrogen-bond donors (Lipinski definition) is 1. The highest BCUT2D eigenvalue weighted by Crippen LogP contribution is 2.41. The molecule has 11 heavy (non-hydrogen) atoms. The first-order valence-corrected chi connectivity index (χ1v) is 3.49. The number of ether oxygens (including phenoxy) is 2. The maximum absolute atomic E-state index is 10.6. The van der Waals surface area contributed by atoms with Crippen LogP contribution in [0.4, 0.5) is 0 Å². The molecule has 0 heterocycles. The number of methoxy groups -OCH3 is 2. The van der Waals surface area contributed by atoms with Crippen molar-refractivity contribution in [2.24, 2.45) is 5.92 Å². The Kier molecular flexibility index (Phi) is 2.15. The van der Waals surface area contributed by atoms with Gasteiger partial charge in [-0.05, 0) is 6.42 Å². The van der Waals surface area contributed by atoms with Gasteiger partial charge in [-0.3, -0.25) is 4.79 Å². The number of carbonyl (C=O) groups is 1. The summed E-state index contributed by atoms with van der Waals surface area (Å²) in [6, 6.07) is 0. The molecule has 1 atom stereocenters. The molecule has 4 heteroatoms. The average Bonchev–Trinajstić information content (AvgIpc) is 1.87. The zero-order valence-electron chi connectivity index (χ0n) is 6.66. The fourth-order valence-electron chi connectivity index (χ4n) is 1.41. The van der Waals surface area contributed by atoms with Gasteiger partial charge in [0.25, 0.3) is 0 Å². The summed E-state index contributed by atoms with van der Waals surface area (Å²) in [6.07, 6.45) is 1.30. The molecule has 0 aliphatic heterocycles. The number of aliphatic carboxylic acids is 1. The Bertz CT molecular complexity index is 156. The lowest BCUT2D eigenvalue weighted by Gasteiger charge is -2.44. The molecule has 0 amide bonds. The maximum atomic E-state index is 10.6. The van der Waals surface area contributed by atoms with Gasteiger partial charge in [-0.1, -0.05) is 0 Å². The van der Waals surface area contributed by atoms with E-state index in [0.717, 1.165) is 0 Å². The van der Waals surface area contributed by atoms with Crippen molar-refractivity contribution in [3.63, 3.8) is 0 Å². The molecule has 1 N–H and O–H groups in total. The summed E-state index contributed by atoms with van der Waals surface area (Å²) in [4.78, 5) is 10.6. The molecule has 1 fully saturated rings. The largest absolute Gasteiger partial charge is 0.481 e. The summed E-state index contributed by atoms with van der Waals surface area (Å²) >= 11 is 0. The Morgan fingerprint density at radius 2 is 2.09 bits per heavy atom. The highest BCUT2D eigenvalue weighted by Gasteiger charge is 2.52. The van der Waals surface area contributed by atoms with Crippen molar-refractivity contribution < 1.29 is 19.4 Å². The first-order chi connectivity index (χ1) is 5.16. The summed E-state index contributed by atoms with van der Waals surface area (Å²) in [7, 11) is 2.94. The molecule has 1 saturated carbocycles. The summed E-state index contributed by atoms with van der Waals surface area (Å²) in [5, 5.41) is 8.67. The first-order valence-electron chi connectivity index (χ1n) is 3.49. The molecule has 0 saturated heterocycles. The van der Waals surface area contributed by atoms with Gasteiger partial charge in [0, 0.05) is 20.6 Å². The van der Waals surface area contributed by atoms with E-state index in [0.29, 0.717) is 12.8 Å². The monoisotopic (exact) mass is 160 g/mol. The smallest absolute Gasteiger partial charge is 0.311 e. The molecule has 1 aliphatic rings. The average molecular weight is 160 g/mol. The van der Waals surface area contributed by atoms with Crippen molar-refractivity contribution in [1.82, 2.24) is 0 Å². The third-order valence-corrected chi connectivity index (χ3v) is 2.30. The highest BCUT2D eigenvalue weighted by molar-refractivity contribution is 5.72. The van der Waals surface area contributed by atoms with Crippen LogP contribution in [0.25, 0.3) is 0 Å². The molecule has 4 nitrogen and oxygen atoms in total. The summed E-state index contributed by atoms with van der Waals surface area (Å²) in [5.41, 5.74) is 0. The van der Waals surface area contributed by atoms with Crippen molar-refractivity contribution in [1.29, 1.82) is 0 Å². The van der Waals surface area contributed by atoms with E-state index >= 15 is 0 Å². The molecule has 1 rings (SSSR count). The predicted molar refractivity (Wildman–Crippen MR) is 37.1 cm³/mol. The number of carboxylic acid groups (broad SMARTS) is 1. The van der Waals surface area contributed by atoms with Gasteiger partial charge >= 0.3 is 5.97 Å². The zero-order chi connectivity index (χ0) is 8.48. The van der Waals surface area contributed by atoms with Gasteiger partial charge in [0.15, 0.2) is 5.79 Å². The van der Waals surface area contributed by atoms with Crippen LogP contribution in [0.2, 0.25) is 0 Å². The molecule has 1 unspecified atom stereocenters. The SMILES string of the molecule is COC1(OC)CCC1C(=O)O. The normalized spacial score (nSPS) is 27.6. The van der Waals surface area contributed by atoms with Gasteiger partial charge in [0.1, 0.15) is 5.92 Å². The standard InChI is InChI=1S/C7H12O4/c1-10-7(11-2)4-3-5(7)6(8)9/h5H,3-4H2,1-2H3,(H,8,9). The van der Waals surface area contributed by atoms with Crippen LogP contribution >= 0.6 is 0 Å². The van der Waals surface area contributed by atoms with Gasteiger partial charge in [-0.25, -0.2) is 0 Å². The van der Waals surface area contributed by atoms with Crippen molar-refractivity contribution in [3.05, 3.63) is 0 Å². The van der Waals surface area contributed by atoms with E-state index < -0.39 is 17.7 Å². The predicted octanol–water partition coefficient (Wildman–Crippen LogP) is 0.470. The Morgan fingerprint density at radius 1 is 1.55 bits per heavy atom. The van der Waals surface area contributed by atoms with Crippen LogP contribution in [-0.2, 0) is 14.3 Å². The number of hydrogen-bond acceptors (Lipinski definition) is 3. The Balaban J connectivity index is 2.64. The Morgan fingerprint density at radius 3 is 2.18 bits per heavy atom. The van der Waals surface area contributed by atoms with Crippen LogP contribution in [0.3, 0.4) is 0 Å². The van der Waals surface area contributed by atoms with Gasteiger partial charge in [0.05, 0.1) is 0 Å². The minimum Gasteiger partial charge on any atom is -0.481 e. The highest BCUT2D eigenvalue weighted by atomic mass is 16.7. The molecule has 0 aromatic carbocycles. The summed E-state index contributed by atoms with van der Waals surface area (Å²) in [6.45, 7) is 0. The molecule has 0 aromatic heterocycles. The lowest BCUT2D eigenvalue weighted by molar-refractivity contribution is -0.284. The summed E-state index contributed by atoms with van der Waals surface area (Å²) in [5.74, 6) is -2.20. The van der Waals surface area contributed by atoms with Crippen molar-refractivity contribution in [2.45, 2.75) is 18.6 Å². The molecular weight excluding hydrogens is 148 g/mol. The van der Waals surface area contributed by atoms with Crippen molar-refractivity contribution in [3.8, 4) is 0 Å². The minimum absolute atomic E-state index is 0.502. The third-order valence-electron chi connectivity index (χ3n) is 2.30. The van der Waals surface area contributed by atoms with Gasteiger partial charge < -0.3 is 14.6 Å². The van der Waals surface area contributed by atoms with Gasteiger partial charge in [-0.15, -0.1) is 0 Å². The van der Waals surface area contributed by atoms with Crippen LogP contribution < -0.4 is 0 Å². The lowest BCUT2D eigenvalue weighted by Crippen LogP contribution is -2.53. The quantitative estimate of drug-likeness (QED) is 0.610.